The molecule has 2 heterocycles. The van der Waals surface area contributed by atoms with Crippen molar-refractivity contribution in [3.63, 3.8) is 0 Å². The number of pyridine rings is 1. The zero-order valence-electron chi connectivity index (χ0n) is 30.7. The summed E-state index contributed by atoms with van der Waals surface area (Å²) in [4.78, 5) is 52.7. The van der Waals surface area contributed by atoms with E-state index in [0.717, 1.165) is 47.2 Å². The van der Waals surface area contributed by atoms with Crippen LogP contribution in [0.15, 0.2) is 59.5 Å². The van der Waals surface area contributed by atoms with Crippen molar-refractivity contribution >= 4 is 45.9 Å². The third kappa shape index (κ3) is 6.85. The third-order valence-electron chi connectivity index (χ3n) is 12.0. The highest BCUT2D eigenvalue weighted by atomic mass is 16.5. The van der Waals surface area contributed by atoms with Crippen LogP contribution in [0.4, 0.5) is 23.0 Å². The van der Waals surface area contributed by atoms with Crippen LogP contribution >= 0.6 is 0 Å². The van der Waals surface area contributed by atoms with E-state index < -0.39 is 0 Å². The number of aryl methyl sites for hydroxylation is 1. The molecule has 2 N–H and O–H groups in total. The highest BCUT2D eigenvalue weighted by molar-refractivity contribution is 5.94. The Hall–Kier alpha value is -4.93. The molecule has 9 rings (SSSR count). The number of aromatic nitrogens is 3. The van der Waals surface area contributed by atoms with Crippen LogP contribution in [-0.4, -0.2) is 65.5 Å². The Morgan fingerprint density at radius 2 is 1.71 bits per heavy atom. The predicted molar refractivity (Wildman–Crippen MR) is 204 cm³/mol. The minimum Gasteiger partial charge on any atom is -0.494 e. The van der Waals surface area contributed by atoms with Gasteiger partial charge >= 0.3 is 0 Å². The molecule has 5 saturated carbocycles. The smallest absolute Gasteiger partial charge is 0.257 e. The highest BCUT2D eigenvalue weighted by Crippen LogP contribution is 2.61. The summed E-state index contributed by atoms with van der Waals surface area (Å²) >= 11 is 0. The number of carbonyl (C=O) groups excluding carboxylic acids is 2. The lowest BCUT2D eigenvalue weighted by Gasteiger charge is -2.56. The second-order valence-electron chi connectivity index (χ2n) is 16.1. The first-order valence-corrected chi connectivity index (χ1v) is 18.8. The lowest BCUT2D eigenvalue weighted by Crippen LogP contribution is -2.48. The van der Waals surface area contributed by atoms with E-state index in [4.69, 9.17) is 9.72 Å². The van der Waals surface area contributed by atoms with Gasteiger partial charge in [0.25, 0.3) is 5.56 Å². The summed E-state index contributed by atoms with van der Waals surface area (Å²) in [7, 11) is 5.59. The summed E-state index contributed by atoms with van der Waals surface area (Å²) in [5, 5.41) is 7.00. The van der Waals surface area contributed by atoms with Crippen LogP contribution in [0.5, 0.6) is 5.75 Å². The maximum Gasteiger partial charge on any atom is 0.257 e. The van der Waals surface area contributed by atoms with E-state index in [1.54, 1.807) is 30.0 Å². The minimum atomic E-state index is -0.231. The van der Waals surface area contributed by atoms with Gasteiger partial charge in [-0.1, -0.05) is 6.07 Å². The van der Waals surface area contributed by atoms with Crippen LogP contribution in [0, 0.1) is 36.0 Å². The third-order valence-corrected chi connectivity index (χ3v) is 12.0. The molecular formula is C41H49N7O4. The molecule has 0 atom stereocenters. The fourth-order valence-electron chi connectivity index (χ4n) is 9.53. The monoisotopic (exact) mass is 703 g/mol. The quantitative estimate of drug-likeness (QED) is 0.168. The molecule has 11 nitrogen and oxygen atoms in total. The Morgan fingerprint density at radius 3 is 2.40 bits per heavy atom. The summed E-state index contributed by atoms with van der Waals surface area (Å²) in [5.41, 5.74) is 4.09. The van der Waals surface area contributed by atoms with Crippen molar-refractivity contribution in [2.75, 3.05) is 49.8 Å². The van der Waals surface area contributed by atoms with Gasteiger partial charge in [0.15, 0.2) is 5.65 Å². The van der Waals surface area contributed by atoms with E-state index in [-0.39, 0.29) is 28.7 Å². The zero-order chi connectivity index (χ0) is 36.1. The zero-order valence-corrected chi connectivity index (χ0v) is 30.7. The number of nitrogens with zero attached hydrogens (tertiary/aromatic N) is 5. The average Bonchev–Trinajstić information content (AvgIpc) is 3.96. The Labute approximate surface area is 304 Å². The van der Waals surface area contributed by atoms with Gasteiger partial charge in [0, 0.05) is 74.6 Å². The molecule has 52 heavy (non-hydrogen) atoms. The molecule has 5 aliphatic rings. The SMILES string of the molecule is COc1cc(N(C)CCN(C)C(=O)CC23CC4CC(CC(C4)C2)C3)ccc1Nc1ncc2c(C)cc(=O)n(-c3cccc(NC(=O)C4CC4)c3)c2n1. The average molecular weight is 704 g/mol. The lowest BCUT2D eigenvalue weighted by atomic mass is 9.49. The molecule has 0 radical (unpaired) electrons. The summed E-state index contributed by atoms with van der Waals surface area (Å²) < 4.78 is 7.34. The summed E-state index contributed by atoms with van der Waals surface area (Å²) in [6.07, 6.45) is 12.1. The second kappa shape index (κ2) is 13.6. The van der Waals surface area contributed by atoms with Crippen LogP contribution in [0.3, 0.4) is 0 Å². The Balaban J connectivity index is 0.957. The molecule has 11 heteroatoms. The van der Waals surface area contributed by atoms with Crippen LogP contribution in [0.2, 0.25) is 0 Å². The topological polar surface area (TPSA) is 122 Å². The fraction of sp³-hybridized carbons (Fsp3) is 0.488. The fourth-order valence-corrected chi connectivity index (χ4v) is 9.53. The van der Waals surface area contributed by atoms with Crippen LogP contribution in [-0.2, 0) is 9.59 Å². The Kier molecular flexibility index (Phi) is 8.91. The molecule has 272 valence electrons. The van der Waals surface area contributed by atoms with Crippen molar-refractivity contribution in [3.8, 4) is 11.4 Å². The van der Waals surface area contributed by atoms with Crippen LogP contribution in [0.25, 0.3) is 16.7 Å². The number of likely N-dealkylation sites (N-methyl/N-ethyl adjacent to an activating group) is 2. The van der Waals surface area contributed by atoms with Gasteiger partial charge in [-0.05, 0) is 117 Å². The van der Waals surface area contributed by atoms with Crippen LogP contribution < -0.4 is 25.8 Å². The number of carbonyl (C=O) groups is 2. The van der Waals surface area contributed by atoms with Gasteiger partial charge in [-0.15, -0.1) is 0 Å². The lowest BCUT2D eigenvalue weighted by molar-refractivity contribution is -0.138. The van der Waals surface area contributed by atoms with E-state index >= 15 is 0 Å². The number of amides is 2. The molecule has 0 saturated heterocycles. The largest absolute Gasteiger partial charge is 0.494 e. The number of methoxy groups -OCH3 is 1. The first kappa shape index (κ1) is 34.2. The minimum absolute atomic E-state index is 0.00286. The van der Waals surface area contributed by atoms with Gasteiger partial charge in [0.2, 0.25) is 17.8 Å². The number of rotatable bonds is 12. The molecule has 5 aliphatic carbocycles. The number of nitrogens with one attached hydrogen (secondary N) is 2. The maximum atomic E-state index is 13.4. The van der Waals surface area contributed by atoms with E-state index in [1.165, 1.54) is 38.5 Å². The van der Waals surface area contributed by atoms with Gasteiger partial charge in [-0.3, -0.25) is 19.0 Å². The van der Waals surface area contributed by atoms with Crippen molar-refractivity contribution in [3.05, 3.63) is 70.6 Å². The number of ether oxygens (including phenoxy) is 1. The summed E-state index contributed by atoms with van der Waals surface area (Å²) in [6.45, 7) is 3.20. The van der Waals surface area contributed by atoms with E-state index in [0.29, 0.717) is 53.9 Å². The van der Waals surface area contributed by atoms with Crippen molar-refractivity contribution < 1.29 is 14.3 Å². The molecule has 4 bridgehead atoms. The standard InChI is InChI=1S/C41H49N7O4/c1-25-14-36(49)48(32-7-5-6-30(18-32)43-39(51)29-8-9-29)38-33(25)24-42-40(45-38)44-34-11-10-31(19-35(34)52-4)46(2)12-13-47(3)37(50)23-41-20-26-15-27(21-41)17-28(16-26)22-41/h5-7,10-11,14,18-19,24,26-29H,8-9,12-13,15-17,20-23H2,1-4H3,(H,43,51)(H,42,44,45). The molecule has 4 aromatic rings. The molecule has 0 unspecified atom stereocenters. The number of anilines is 4. The molecule has 2 amide bonds. The van der Waals surface area contributed by atoms with Gasteiger partial charge < -0.3 is 25.2 Å². The number of hydrogen-bond acceptors (Lipinski definition) is 8. The van der Waals surface area contributed by atoms with Gasteiger partial charge in [-0.25, -0.2) is 4.98 Å². The highest BCUT2D eigenvalue weighted by Gasteiger charge is 2.51. The molecule has 0 aliphatic heterocycles. The first-order chi connectivity index (χ1) is 25.1. The first-order valence-electron chi connectivity index (χ1n) is 18.8. The Bertz CT molecular complexity index is 2050. The number of hydrogen-bond donors (Lipinski definition) is 2. The van der Waals surface area contributed by atoms with Crippen molar-refractivity contribution in [2.24, 2.45) is 29.1 Å². The Morgan fingerprint density at radius 1 is 0.981 bits per heavy atom. The normalized spacial score (nSPS) is 23.0. The van der Waals surface area contributed by atoms with Crippen molar-refractivity contribution in [1.82, 2.24) is 19.4 Å². The molecule has 2 aromatic carbocycles. The number of benzene rings is 2. The van der Waals surface area contributed by atoms with E-state index in [2.05, 4.69) is 20.5 Å². The van der Waals surface area contributed by atoms with E-state index in [9.17, 15) is 14.4 Å². The molecular weight excluding hydrogens is 654 g/mol. The van der Waals surface area contributed by atoms with Gasteiger partial charge in [0.1, 0.15) is 5.75 Å². The molecule has 0 spiro atoms. The van der Waals surface area contributed by atoms with E-state index in [1.807, 2.05) is 62.3 Å². The summed E-state index contributed by atoms with van der Waals surface area (Å²) in [5.74, 6) is 3.80. The second-order valence-corrected chi connectivity index (χ2v) is 16.1. The molecule has 2 aromatic heterocycles. The molecule has 5 fully saturated rings. The predicted octanol–water partition coefficient (Wildman–Crippen LogP) is 6.69. The van der Waals surface area contributed by atoms with Gasteiger partial charge in [-0.2, -0.15) is 4.98 Å². The van der Waals surface area contributed by atoms with Crippen molar-refractivity contribution in [1.29, 1.82) is 0 Å². The number of fused-ring (bicyclic) bond motifs is 1. The van der Waals surface area contributed by atoms with Gasteiger partial charge in [0.05, 0.1) is 18.5 Å². The summed E-state index contributed by atoms with van der Waals surface area (Å²) in [6, 6.07) is 14.7. The van der Waals surface area contributed by atoms with Crippen LogP contribution in [0.1, 0.15) is 63.4 Å². The van der Waals surface area contributed by atoms with Crippen molar-refractivity contribution in [2.45, 2.75) is 64.7 Å². The maximum absolute atomic E-state index is 13.4.